The molecule has 0 aliphatic carbocycles. The Morgan fingerprint density at radius 2 is 1.91 bits per heavy atom. The molecule has 0 bridgehead atoms. The number of carbonyl (C=O) groups excluding carboxylic acids is 1. The van der Waals surface area contributed by atoms with E-state index in [0.717, 1.165) is 11.1 Å². The number of aliphatic hydroxyl groups is 1. The first-order valence-corrected chi connectivity index (χ1v) is 10.2. The van der Waals surface area contributed by atoms with E-state index in [4.69, 9.17) is 26.8 Å². The molecule has 2 heterocycles. The molecule has 0 saturated carbocycles. The third-order valence-electron chi connectivity index (χ3n) is 5.25. The van der Waals surface area contributed by atoms with Crippen molar-refractivity contribution in [2.45, 2.75) is 12.4 Å². The van der Waals surface area contributed by atoms with Crippen LogP contribution in [0, 0.1) is 0 Å². The van der Waals surface area contributed by atoms with Crippen LogP contribution in [0.2, 0.25) is 5.02 Å². The van der Waals surface area contributed by atoms with Crippen LogP contribution in [0.15, 0.2) is 78.8 Å². The lowest BCUT2D eigenvalue weighted by Gasteiger charge is -2.16. The monoisotopic (exact) mass is 447 g/mol. The average molecular weight is 448 g/mol. The fourth-order valence-corrected chi connectivity index (χ4v) is 3.75. The summed E-state index contributed by atoms with van der Waals surface area (Å²) in [5.41, 5.74) is 9.32. The van der Waals surface area contributed by atoms with Gasteiger partial charge in [-0.25, -0.2) is 4.98 Å². The molecule has 5 rings (SSSR count). The van der Waals surface area contributed by atoms with E-state index in [0.29, 0.717) is 38.8 Å². The van der Waals surface area contributed by atoms with Gasteiger partial charge in [0.05, 0.1) is 21.6 Å². The number of nitrogens with two attached hydrogens (primary N) is 1. The summed E-state index contributed by atoms with van der Waals surface area (Å²) >= 11 is 6.20. The van der Waals surface area contributed by atoms with E-state index in [1.54, 1.807) is 36.4 Å². The van der Waals surface area contributed by atoms with Gasteiger partial charge in [-0.2, -0.15) is 0 Å². The minimum atomic E-state index is -0.995. The number of rotatable bonds is 5. The number of aromatic amines is 1. The van der Waals surface area contributed by atoms with Crippen LogP contribution in [0.3, 0.4) is 0 Å². The predicted molar refractivity (Wildman–Crippen MR) is 119 cm³/mol. The molecule has 4 N–H and O–H groups in total. The number of primary amides is 1. The van der Waals surface area contributed by atoms with Gasteiger partial charge in [0.15, 0.2) is 5.76 Å². The molecular formula is C24H18ClN3O4. The topological polar surface area (TPSA) is 110 Å². The van der Waals surface area contributed by atoms with E-state index in [9.17, 15) is 9.90 Å². The van der Waals surface area contributed by atoms with Crippen LogP contribution in [-0.2, 0) is 9.47 Å². The summed E-state index contributed by atoms with van der Waals surface area (Å²) < 4.78 is 11.3. The van der Waals surface area contributed by atoms with Crippen LogP contribution in [0.5, 0.6) is 0 Å². The molecule has 0 fully saturated rings. The van der Waals surface area contributed by atoms with E-state index in [1.807, 2.05) is 30.3 Å². The van der Waals surface area contributed by atoms with E-state index in [-0.39, 0.29) is 0 Å². The smallest absolute Gasteiger partial charge is 0.268 e. The van der Waals surface area contributed by atoms with Gasteiger partial charge in [-0.15, -0.1) is 0 Å². The highest BCUT2D eigenvalue weighted by molar-refractivity contribution is 6.31. The summed E-state index contributed by atoms with van der Waals surface area (Å²) in [6.07, 6.45) is -0.291. The molecule has 160 valence electrons. The van der Waals surface area contributed by atoms with Crippen molar-refractivity contribution in [1.82, 2.24) is 9.97 Å². The number of ether oxygens (including phenoxy) is 2. The zero-order valence-corrected chi connectivity index (χ0v) is 17.4. The first-order chi connectivity index (χ1) is 15.5. The van der Waals surface area contributed by atoms with E-state index >= 15 is 0 Å². The molecule has 1 aliphatic heterocycles. The number of hydrogen-bond donors (Lipinski definition) is 3. The molecule has 1 aromatic heterocycles. The van der Waals surface area contributed by atoms with Gasteiger partial charge in [-0.05, 0) is 29.8 Å². The molecule has 32 heavy (non-hydrogen) atoms. The number of amides is 1. The number of fused-ring (bicyclic) bond motifs is 1. The molecule has 0 spiro atoms. The number of benzene rings is 3. The molecule has 4 aromatic rings. The zero-order valence-electron chi connectivity index (χ0n) is 16.7. The van der Waals surface area contributed by atoms with Crippen LogP contribution < -0.4 is 5.73 Å². The Morgan fingerprint density at radius 1 is 1.12 bits per heavy atom. The lowest BCUT2D eigenvalue weighted by Crippen LogP contribution is -2.10. The summed E-state index contributed by atoms with van der Waals surface area (Å²) in [4.78, 5) is 19.1. The van der Waals surface area contributed by atoms with Crippen molar-refractivity contribution in [2.24, 2.45) is 5.73 Å². The van der Waals surface area contributed by atoms with Gasteiger partial charge in [0.2, 0.25) is 5.91 Å². The Hall–Kier alpha value is -3.81. The number of aromatic nitrogens is 2. The Labute approximate surface area is 188 Å². The number of imidazole rings is 1. The van der Waals surface area contributed by atoms with Crippen molar-refractivity contribution < 1.29 is 19.4 Å². The fraction of sp³-hybridized carbons (Fsp3) is 0.0833. The zero-order chi connectivity index (χ0) is 22.2. The van der Waals surface area contributed by atoms with Crippen molar-refractivity contribution in [3.05, 3.63) is 100 Å². The van der Waals surface area contributed by atoms with Gasteiger partial charge in [0.1, 0.15) is 18.2 Å². The Kier molecular flexibility index (Phi) is 5.05. The summed E-state index contributed by atoms with van der Waals surface area (Å²) in [5, 5.41) is 11.3. The summed E-state index contributed by atoms with van der Waals surface area (Å²) in [6, 6.07) is 19.6. The summed E-state index contributed by atoms with van der Waals surface area (Å²) in [6.45, 7) is 0. The van der Waals surface area contributed by atoms with E-state index < -0.39 is 18.3 Å². The summed E-state index contributed by atoms with van der Waals surface area (Å²) in [5.74, 6) is 0.436. The molecule has 2 unspecified atom stereocenters. The molecule has 0 saturated heterocycles. The highest BCUT2D eigenvalue weighted by Crippen LogP contribution is 2.37. The van der Waals surface area contributed by atoms with Crippen LogP contribution in [0.1, 0.15) is 33.9 Å². The molecule has 0 radical (unpaired) electrons. The second-order valence-electron chi connectivity index (χ2n) is 7.33. The number of H-pyrrole nitrogens is 1. The minimum Gasteiger partial charge on any atom is -0.455 e. The van der Waals surface area contributed by atoms with E-state index in [2.05, 4.69) is 9.97 Å². The van der Waals surface area contributed by atoms with Crippen LogP contribution in [0.4, 0.5) is 0 Å². The van der Waals surface area contributed by atoms with Crippen LogP contribution >= 0.6 is 11.6 Å². The highest BCUT2D eigenvalue weighted by Gasteiger charge is 2.28. The van der Waals surface area contributed by atoms with Gasteiger partial charge in [0.25, 0.3) is 6.29 Å². The van der Waals surface area contributed by atoms with Crippen molar-refractivity contribution in [2.75, 3.05) is 0 Å². The van der Waals surface area contributed by atoms with Gasteiger partial charge in [0, 0.05) is 11.1 Å². The van der Waals surface area contributed by atoms with Crippen molar-refractivity contribution >= 4 is 28.5 Å². The second kappa shape index (κ2) is 8.03. The maximum atomic E-state index is 11.4. The normalized spacial score (nSPS) is 16.3. The number of hydrogen-bond acceptors (Lipinski definition) is 5. The molecule has 1 aliphatic rings. The number of aliphatic hydroxyl groups excluding tert-OH is 1. The van der Waals surface area contributed by atoms with Gasteiger partial charge >= 0.3 is 0 Å². The maximum absolute atomic E-state index is 11.4. The van der Waals surface area contributed by atoms with Crippen LogP contribution in [-0.4, -0.2) is 21.0 Å². The van der Waals surface area contributed by atoms with E-state index in [1.165, 1.54) is 6.26 Å². The quantitative estimate of drug-likeness (QED) is 0.414. The molecule has 2 atom stereocenters. The van der Waals surface area contributed by atoms with Gasteiger partial charge < -0.3 is 25.3 Å². The first-order valence-electron chi connectivity index (χ1n) is 9.84. The Bertz CT molecular complexity index is 1350. The lowest BCUT2D eigenvalue weighted by atomic mass is 10.1. The van der Waals surface area contributed by atoms with Crippen molar-refractivity contribution in [1.29, 1.82) is 0 Å². The SMILES string of the molecule is NC(=O)c1ccc2[nH]c(-c3ccc(C(O)C4=COC(c5ccccc5Cl)O4)cc3)nc2c1. The average Bonchev–Trinajstić information content (AvgIpc) is 3.46. The van der Waals surface area contributed by atoms with Crippen molar-refractivity contribution in [3.63, 3.8) is 0 Å². The Morgan fingerprint density at radius 3 is 2.66 bits per heavy atom. The fourth-order valence-electron chi connectivity index (χ4n) is 3.52. The first kappa shape index (κ1) is 20.1. The lowest BCUT2D eigenvalue weighted by molar-refractivity contribution is -0.0479. The summed E-state index contributed by atoms with van der Waals surface area (Å²) in [7, 11) is 0. The third kappa shape index (κ3) is 3.68. The predicted octanol–water partition coefficient (Wildman–Crippen LogP) is 4.60. The second-order valence-corrected chi connectivity index (χ2v) is 7.74. The molecule has 3 aromatic carbocycles. The highest BCUT2D eigenvalue weighted by atomic mass is 35.5. The standard InChI is InChI=1S/C24H18ClN3O4/c25-17-4-2-1-3-16(17)24-31-12-20(32-24)21(29)13-5-7-14(8-6-13)23-27-18-10-9-15(22(26)30)11-19(18)28-23/h1-12,21,24,29H,(H2,26,30)(H,27,28). The molecule has 1 amide bonds. The number of nitrogens with zero attached hydrogens (tertiary/aromatic N) is 1. The van der Waals surface area contributed by atoms with Crippen molar-refractivity contribution in [3.8, 4) is 11.4 Å². The molecular weight excluding hydrogens is 430 g/mol. The van der Waals surface area contributed by atoms with Gasteiger partial charge in [-0.3, -0.25) is 4.79 Å². The molecule has 8 heteroatoms. The Balaban J connectivity index is 1.33. The number of halogens is 1. The van der Waals surface area contributed by atoms with Gasteiger partial charge in [-0.1, -0.05) is 54.1 Å². The van der Waals surface area contributed by atoms with Crippen LogP contribution in [0.25, 0.3) is 22.4 Å². The number of carbonyl (C=O) groups is 1. The minimum absolute atomic E-state index is 0.297. The third-order valence-corrected chi connectivity index (χ3v) is 5.59. The number of nitrogens with one attached hydrogen (secondary N) is 1. The maximum Gasteiger partial charge on any atom is 0.268 e. The molecule has 7 nitrogen and oxygen atoms in total. The largest absolute Gasteiger partial charge is 0.455 e.